The number of nitrogens with one attached hydrogen (secondary N) is 1. The highest BCUT2D eigenvalue weighted by atomic mass is 19.4. The van der Waals surface area contributed by atoms with Crippen molar-refractivity contribution in [1.82, 2.24) is 19.7 Å². The van der Waals surface area contributed by atoms with E-state index in [-0.39, 0.29) is 18.3 Å². The van der Waals surface area contributed by atoms with Crippen LogP contribution in [0.15, 0.2) is 18.3 Å². The highest BCUT2D eigenvalue weighted by Crippen LogP contribution is 2.36. The van der Waals surface area contributed by atoms with Crippen molar-refractivity contribution >= 4 is 17.7 Å². The van der Waals surface area contributed by atoms with Crippen molar-refractivity contribution in [3.8, 4) is 0 Å². The first-order valence-corrected chi connectivity index (χ1v) is 9.43. The van der Waals surface area contributed by atoms with Gasteiger partial charge in [0.05, 0.1) is 11.5 Å². The minimum absolute atomic E-state index is 0.118. The van der Waals surface area contributed by atoms with Gasteiger partial charge in [0.2, 0.25) is 11.9 Å². The summed E-state index contributed by atoms with van der Waals surface area (Å²) in [6.45, 7) is 1.38. The molecule has 1 amide bonds. The number of alkyl halides is 3. The molecule has 1 fully saturated rings. The lowest BCUT2D eigenvalue weighted by Gasteiger charge is -2.34. The van der Waals surface area contributed by atoms with Gasteiger partial charge in [-0.1, -0.05) is 0 Å². The van der Waals surface area contributed by atoms with Crippen molar-refractivity contribution in [3.63, 3.8) is 0 Å². The van der Waals surface area contributed by atoms with Gasteiger partial charge in [-0.3, -0.25) is 14.7 Å². The molecule has 28 heavy (non-hydrogen) atoms. The maximum Gasteiger partial charge on any atom is 0.419 e. The van der Waals surface area contributed by atoms with E-state index in [0.29, 0.717) is 25.3 Å². The molecule has 4 rings (SSSR count). The third kappa shape index (κ3) is 3.67. The number of carbonyl (C=O) groups is 1. The lowest BCUT2D eigenvalue weighted by Crippen LogP contribution is -2.42. The first kappa shape index (κ1) is 18.7. The summed E-state index contributed by atoms with van der Waals surface area (Å²) in [4.78, 5) is 18.2. The summed E-state index contributed by atoms with van der Waals surface area (Å²) in [5, 5.41) is 11.0. The number of carbonyl (C=O) groups excluding carboxylic acids is 1. The van der Waals surface area contributed by atoms with E-state index in [1.807, 2.05) is 4.57 Å². The molecule has 0 aromatic carbocycles. The fourth-order valence-electron chi connectivity index (χ4n) is 3.87. The monoisotopic (exact) mass is 394 g/mol. The van der Waals surface area contributed by atoms with Gasteiger partial charge in [-0.25, -0.2) is 4.98 Å². The number of hydrogen-bond donors (Lipinski definition) is 1. The van der Waals surface area contributed by atoms with Crippen LogP contribution in [-0.2, 0) is 23.9 Å². The summed E-state index contributed by atoms with van der Waals surface area (Å²) in [5.41, 5.74) is -0.775. The number of rotatable bonds is 3. The van der Waals surface area contributed by atoms with Gasteiger partial charge in [0.15, 0.2) is 0 Å². The maximum atomic E-state index is 13.3. The molecule has 0 radical (unpaired) electrons. The van der Waals surface area contributed by atoms with Gasteiger partial charge in [0.1, 0.15) is 11.6 Å². The molecule has 2 aliphatic heterocycles. The van der Waals surface area contributed by atoms with Crippen LogP contribution < -0.4 is 10.2 Å². The molecule has 0 aliphatic carbocycles. The standard InChI is InChI=1S/C18H21F3N6O/c19-18(20,21)13-6-3-8-22-15(13)26-9-4-5-12(11-26)16(28)23-17-25-24-14-7-1-2-10-27(14)17/h3,6,8,12H,1-2,4-5,7,9-11H2,(H,23,25,28)/t12-/m0/s1. The van der Waals surface area contributed by atoms with Gasteiger partial charge in [0.25, 0.3) is 0 Å². The Labute approximate surface area is 160 Å². The summed E-state index contributed by atoms with van der Waals surface area (Å²) < 4.78 is 41.8. The second kappa shape index (κ2) is 7.40. The minimum atomic E-state index is -4.49. The molecule has 1 saturated heterocycles. The highest BCUT2D eigenvalue weighted by molar-refractivity contribution is 5.91. The number of fused-ring (bicyclic) bond motifs is 1. The fraction of sp³-hybridized carbons (Fsp3) is 0.556. The summed E-state index contributed by atoms with van der Waals surface area (Å²) in [6, 6.07) is 2.30. The normalized spacial score (nSPS) is 20.0. The molecule has 4 heterocycles. The Hall–Kier alpha value is -2.65. The molecular weight excluding hydrogens is 373 g/mol. The summed E-state index contributed by atoms with van der Waals surface area (Å²) in [7, 11) is 0. The predicted molar refractivity (Wildman–Crippen MR) is 95.8 cm³/mol. The number of nitrogens with zero attached hydrogens (tertiary/aromatic N) is 5. The second-order valence-corrected chi connectivity index (χ2v) is 7.20. The molecule has 0 unspecified atom stereocenters. The molecular formula is C18H21F3N6O. The lowest BCUT2D eigenvalue weighted by molar-refractivity contribution is -0.137. The molecule has 1 atom stereocenters. The van der Waals surface area contributed by atoms with Crippen LogP contribution in [0.4, 0.5) is 24.9 Å². The maximum absolute atomic E-state index is 13.3. The number of hydrogen-bond acceptors (Lipinski definition) is 5. The van der Waals surface area contributed by atoms with Crippen molar-refractivity contribution in [2.45, 2.75) is 44.8 Å². The van der Waals surface area contributed by atoms with Crippen molar-refractivity contribution in [3.05, 3.63) is 29.7 Å². The number of aryl methyl sites for hydroxylation is 1. The number of amides is 1. The molecule has 0 bridgehead atoms. The number of anilines is 2. The van der Waals surface area contributed by atoms with E-state index in [9.17, 15) is 18.0 Å². The average molecular weight is 394 g/mol. The van der Waals surface area contributed by atoms with Gasteiger partial charge < -0.3 is 4.90 Å². The van der Waals surface area contributed by atoms with Crippen molar-refractivity contribution in [1.29, 1.82) is 0 Å². The number of aromatic nitrogens is 4. The summed E-state index contributed by atoms with van der Waals surface area (Å²) in [6.07, 6.45) is 0.970. The van der Waals surface area contributed by atoms with Crippen LogP contribution in [0.1, 0.15) is 37.1 Å². The van der Waals surface area contributed by atoms with Crippen LogP contribution in [0.5, 0.6) is 0 Å². The Morgan fingerprint density at radius 2 is 2.04 bits per heavy atom. The largest absolute Gasteiger partial charge is 0.419 e. The number of piperidine rings is 1. The summed E-state index contributed by atoms with van der Waals surface area (Å²) >= 11 is 0. The van der Waals surface area contributed by atoms with Crippen LogP contribution in [0.3, 0.4) is 0 Å². The fourth-order valence-corrected chi connectivity index (χ4v) is 3.87. The van der Waals surface area contributed by atoms with Crippen molar-refractivity contribution in [2.75, 3.05) is 23.3 Å². The molecule has 10 heteroatoms. The van der Waals surface area contributed by atoms with E-state index in [4.69, 9.17) is 0 Å². The van der Waals surface area contributed by atoms with Crippen LogP contribution in [0.25, 0.3) is 0 Å². The second-order valence-electron chi connectivity index (χ2n) is 7.20. The van der Waals surface area contributed by atoms with Crippen molar-refractivity contribution < 1.29 is 18.0 Å². The SMILES string of the molecule is O=C(Nc1nnc2n1CCCC2)[C@H]1CCCN(c2ncccc2C(F)(F)F)C1. The molecule has 150 valence electrons. The van der Waals surface area contributed by atoms with E-state index in [1.54, 1.807) is 4.90 Å². The number of pyridine rings is 1. The Bertz CT molecular complexity index is 865. The van der Waals surface area contributed by atoms with Gasteiger partial charge in [-0.05, 0) is 37.8 Å². The topological polar surface area (TPSA) is 75.9 Å². The lowest BCUT2D eigenvalue weighted by atomic mass is 9.96. The van der Waals surface area contributed by atoms with Crippen LogP contribution in [0, 0.1) is 5.92 Å². The van der Waals surface area contributed by atoms with Crippen LogP contribution >= 0.6 is 0 Å². The minimum Gasteiger partial charge on any atom is -0.355 e. The third-order valence-corrected chi connectivity index (χ3v) is 5.28. The molecule has 7 nitrogen and oxygen atoms in total. The molecule has 0 saturated carbocycles. The Kier molecular flexibility index (Phi) is 4.94. The summed E-state index contributed by atoms with van der Waals surface area (Å²) in [5.74, 6) is 0.483. The average Bonchev–Trinajstić information content (AvgIpc) is 3.10. The highest BCUT2D eigenvalue weighted by Gasteiger charge is 2.37. The quantitative estimate of drug-likeness (QED) is 0.866. The Balaban J connectivity index is 1.49. The molecule has 2 aliphatic rings. The van der Waals surface area contributed by atoms with Gasteiger partial charge in [-0.2, -0.15) is 13.2 Å². The molecule has 1 N–H and O–H groups in total. The smallest absolute Gasteiger partial charge is 0.355 e. The van der Waals surface area contributed by atoms with E-state index in [1.165, 1.54) is 12.3 Å². The first-order valence-electron chi connectivity index (χ1n) is 9.43. The van der Waals surface area contributed by atoms with E-state index >= 15 is 0 Å². The molecule has 2 aromatic heterocycles. The number of halogens is 3. The van der Waals surface area contributed by atoms with E-state index in [0.717, 1.165) is 37.7 Å². The predicted octanol–water partition coefficient (Wildman–Crippen LogP) is 2.88. The van der Waals surface area contributed by atoms with Crippen LogP contribution in [0.2, 0.25) is 0 Å². The Morgan fingerprint density at radius 3 is 2.86 bits per heavy atom. The van der Waals surface area contributed by atoms with Gasteiger partial charge in [-0.15, -0.1) is 10.2 Å². The zero-order chi connectivity index (χ0) is 19.7. The first-order chi connectivity index (χ1) is 13.4. The third-order valence-electron chi connectivity index (χ3n) is 5.28. The van der Waals surface area contributed by atoms with E-state index < -0.39 is 17.7 Å². The van der Waals surface area contributed by atoms with E-state index in [2.05, 4.69) is 20.5 Å². The van der Waals surface area contributed by atoms with Gasteiger partial charge >= 0.3 is 6.18 Å². The van der Waals surface area contributed by atoms with Crippen LogP contribution in [-0.4, -0.2) is 38.7 Å². The molecule has 0 spiro atoms. The Morgan fingerprint density at radius 1 is 1.18 bits per heavy atom. The zero-order valence-electron chi connectivity index (χ0n) is 15.2. The molecule has 2 aromatic rings. The zero-order valence-corrected chi connectivity index (χ0v) is 15.2. The van der Waals surface area contributed by atoms with Crippen molar-refractivity contribution in [2.24, 2.45) is 5.92 Å². The van der Waals surface area contributed by atoms with Gasteiger partial charge in [0, 0.05) is 32.3 Å².